The number of nitrogens with one attached hydrogen (secondary N) is 1. The Morgan fingerprint density at radius 2 is 1.96 bits per heavy atom. The first-order valence-electron chi connectivity index (χ1n) is 8.17. The van der Waals surface area contributed by atoms with E-state index in [0.29, 0.717) is 31.7 Å². The first-order chi connectivity index (χ1) is 12.4. The van der Waals surface area contributed by atoms with E-state index in [2.05, 4.69) is 10.3 Å². The van der Waals surface area contributed by atoms with Crippen LogP contribution >= 0.6 is 0 Å². The number of rotatable bonds is 9. The SMILES string of the molecule is COCCNC(=O)c1cccc(S(=O)(=O)N(C)CCc2ccncc2)c1. The van der Waals surface area contributed by atoms with Crippen LogP contribution in [0.3, 0.4) is 0 Å². The molecule has 0 aliphatic heterocycles. The highest BCUT2D eigenvalue weighted by molar-refractivity contribution is 7.89. The third-order valence-electron chi connectivity index (χ3n) is 3.86. The van der Waals surface area contributed by atoms with Gasteiger partial charge in [-0.05, 0) is 42.3 Å². The quantitative estimate of drug-likeness (QED) is 0.666. The van der Waals surface area contributed by atoms with Gasteiger partial charge in [0.25, 0.3) is 5.91 Å². The molecule has 1 N–H and O–H groups in total. The molecule has 2 rings (SSSR count). The lowest BCUT2D eigenvalue weighted by Crippen LogP contribution is -2.30. The number of hydrogen-bond donors (Lipinski definition) is 1. The van der Waals surface area contributed by atoms with Gasteiger partial charge in [0.2, 0.25) is 10.0 Å². The Balaban J connectivity index is 2.07. The summed E-state index contributed by atoms with van der Waals surface area (Å²) in [7, 11) is -0.605. The van der Waals surface area contributed by atoms with E-state index in [0.717, 1.165) is 5.56 Å². The number of sulfonamides is 1. The predicted molar refractivity (Wildman–Crippen MR) is 98.4 cm³/mol. The Labute approximate surface area is 154 Å². The Morgan fingerprint density at radius 1 is 1.23 bits per heavy atom. The Bertz CT molecular complexity index is 825. The number of aromatic nitrogens is 1. The van der Waals surface area contributed by atoms with Crippen LogP contribution < -0.4 is 5.32 Å². The number of ether oxygens (including phenoxy) is 1. The van der Waals surface area contributed by atoms with Gasteiger partial charge in [0.1, 0.15) is 0 Å². The van der Waals surface area contributed by atoms with Crippen molar-refractivity contribution in [3.05, 3.63) is 59.9 Å². The van der Waals surface area contributed by atoms with Crippen LogP contribution in [0.4, 0.5) is 0 Å². The van der Waals surface area contributed by atoms with Crippen molar-refractivity contribution >= 4 is 15.9 Å². The summed E-state index contributed by atoms with van der Waals surface area (Å²) >= 11 is 0. The van der Waals surface area contributed by atoms with E-state index in [1.807, 2.05) is 12.1 Å². The second-order valence-corrected chi connectivity index (χ2v) is 7.75. The third-order valence-corrected chi connectivity index (χ3v) is 5.71. The highest BCUT2D eigenvalue weighted by Gasteiger charge is 2.21. The Kier molecular flexibility index (Phi) is 7.26. The standard InChI is InChI=1S/C18H23N3O4S/c1-21(12-8-15-6-9-19-10-7-15)26(23,24)17-5-3-4-16(14-17)18(22)20-11-13-25-2/h3-7,9-10,14H,8,11-13H2,1-2H3,(H,20,22). The minimum atomic E-state index is -3.68. The van der Waals surface area contributed by atoms with Gasteiger partial charge in [0.15, 0.2) is 0 Å². The smallest absolute Gasteiger partial charge is 0.251 e. The molecule has 0 fully saturated rings. The van der Waals surface area contributed by atoms with Crippen LogP contribution in [0, 0.1) is 0 Å². The molecule has 1 aromatic carbocycles. The average Bonchev–Trinajstić information content (AvgIpc) is 2.67. The average molecular weight is 377 g/mol. The molecule has 0 aliphatic rings. The molecule has 0 aliphatic carbocycles. The van der Waals surface area contributed by atoms with E-state index in [1.54, 1.807) is 31.6 Å². The van der Waals surface area contributed by atoms with Crippen molar-refractivity contribution in [2.24, 2.45) is 0 Å². The highest BCUT2D eigenvalue weighted by Crippen LogP contribution is 2.16. The fraction of sp³-hybridized carbons (Fsp3) is 0.333. The van der Waals surface area contributed by atoms with Crippen LogP contribution in [-0.2, 0) is 21.2 Å². The number of carbonyl (C=O) groups is 1. The number of nitrogens with zero attached hydrogens (tertiary/aromatic N) is 2. The topological polar surface area (TPSA) is 88.6 Å². The lowest BCUT2D eigenvalue weighted by Gasteiger charge is -2.17. The zero-order chi connectivity index (χ0) is 19.0. The number of likely N-dealkylation sites (N-methyl/N-ethyl adjacent to an activating group) is 1. The maximum atomic E-state index is 12.8. The lowest BCUT2D eigenvalue weighted by molar-refractivity contribution is 0.0937. The highest BCUT2D eigenvalue weighted by atomic mass is 32.2. The molecule has 2 aromatic rings. The monoisotopic (exact) mass is 377 g/mol. The molecule has 0 saturated carbocycles. The third kappa shape index (κ3) is 5.35. The molecule has 0 unspecified atom stereocenters. The second kappa shape index (κ2) is 9.42. The summed E-state index contributed by atoms with van der Waals surface area (Å²) in [5.41, 5.74) is 1.30. The van der Waals surface area contributed by atoms with Crippen molar-refractivity contribution in [1.82, 2.24) is 14.6 Å². The van der Waals surface area contributed by atoms with Gasteiger partial charge < -0.3 is 10.1 Å². The van der Waals surface area contributed by atoms with E-state index in [1.165, 1.54) is 23.5 Å². The molecule has 140 valence electrons. The van der Waals surface area contributed by atoms with Crippen LogP contribution in [0.1, 0.15) is 15.9 Å². The van der Waals surface area contributed by atoms with Crippen molar-refractivity contribution in [2.45, 2.75) is 11.3 Å². The fourth-order valence-electron chi connectivity index (χ4n) is 2.30. The van der Waals surface area contributed by atoms with E-state index in [9.17, 15) is 13.2 Å². The maximum absolute atomic E-state index is 12.8. The molecule has 8 heteroatoms. The summed E-state index contributed by atoms with van der Waals surface area (Å²) in [5, 5.41) is 2.68. The number of pyridine rings is 1. The second-order valence-electron chi connectivity index (χ2n) is 5.71. The normalized spacial score (nSPS) is 11.5. The Hall–Kier alpha value is -2.29. The summed E-state index contributed by atoms with van der Waals surface area (Å²) in [6, 6.07) is 9.73. The fourth-order valence-corrected chi connectivity index (χ4v) is 3.52. The van der Waals surface area contributed by atoms with Crippen LogP contribution in [0.15, 0.2) is 53.7 Å². The van der Waals surface area contributed by atoms with Gasteiger partial charge in [0, 0.05) is 45.2 Å². The molecule has 0 saturated heterocycles. The molecule has 1 amide bonds. The van der Waals surface area contributed by atoms with E-state index in [-0.39, 0.29) is 10.8 Å². The van der Waals surface area contributed by atoms with E-state index in [4.69, 9.17) is 4.74 Å². The predicted octanol–water partition coefficient (Wildman–Crippen LogP) is 1.32. The van der Waals surface area contributed by atoms with Crippen molar-refractivity contribution in [3.8, 4) is 0 Å². The van der Waals surface area contributed by atoms with Gasteiger partial charge in [-0.25, -0.2) is 12.7 Å². The van der Waals surface area contributed by atoms with Gasteiger partial charge >= 0.3 is 0 Å². The molecule has 0 radical (unpaired) electrons. The maximum Gasteiger partial charge on any atom is 0.251 e. The van der Waals surface area contributed by atoms with Crippen molar-refractivity contribution < 1.29 is 17.9 Å². The van der Waals surface area contributed by atoms with Crippen molar-refractivity contribution in [1.29, 1.82) is 0 Å². The molecule has 26 heavy (non-hydrogen) atoms. The van der Waals surface area contributed by atoms with Crippen molar-refractivity contribution in [3.63, 3.8) is 0 Å². The van der Waals surface area contributed by atoms with Crippen LogP contribution in [0.25, 0.3) is 0 Å². The van der Waals surface area contributed by atoms with Crippen LogP contribution in [0.2, 0.25) is 0 Å². The minimum absolute atomic E-state index is 0.0918. The molecular weight excluding hydrogens is 354 g/mol. The van der Waals surface area contributed by atoms with Gasteiger partial charge in [-0.2, -0.15) is 0 Å². The van der Waals surface area contributed by atoms with Gasteiger partial charge in [-0.15, -0.1) is 0 Å². The number of hydrogen-bond acceptors (Lipinski definition) is 5. The first-order valence-corrected chi connectivity index (χ1v) is 9.61. The molecule has 0 atom stereocenters. The summed E-state index contributed by atoms with van der Waals surface area (Å²) < 4.78 is 31.7. The number of methoxy groups -OCH3 is 1. The van der Waals surface area contributed by atoms with E-state index >= 15 is 0 Å². The van der Waals surface area contributed by atoms with Gasteiger partial charge in [-0.1, -0.05) is 6.07 Å². The molecule has 1 heterocycles. The molecule has 7 nitrogen and oxygen atoms in total. The Morgan fingerprint density at radius 3 is 2.65 bits per heavy atom. The van der Waals surface area contributed by atoms with Gasteiger partial charge in [-0.3, -0.25) is 9.78 Å². The van der Waals surface area contributed by atoms with Gasteiger partial charge in [0.05, 0.1) is 11.5 Å². The molecule has 1 aromatic heterocycles. The summed E-state index contributed by atoms with van der Waals surface area (Å²) in [4.78, 5) is 16.1. The zero-order valence-corrected chi connectivity index (χ0v) is 15.7. The molecule has 0 bridgehead atoms. The molecule has 0 spiro atoms. The zero-order valence-electron chi connectivity index (χ0n) is 14.9. The van der Waals surface area contributed by atoms with E-state index < -0.39 is 10.0 Å². The number of amides is 1. The summed E-state index contributed by atoms with van der Waals surface area (Å²) in [6.07, 6.45) is 3.93. The molecular formula is C18H23N3O4S. The summed E-state index contributed by atoms with van der Waals surface area (Å²) in [5.74, 6) is -0.335. The minimum Gasteiger partial charge on any atom is -0.383 e. The number of carbonyl (C=O) groups excluding carboxylic acids is 1. The first kappa shape index (κ1) is 20.0. The summed E-state index contributed by atoms with van der Waals surface area (Å²) in [6.45, 7) is 1.08. The van der Waals surface area contributed by atoms with Crippen LogP contribution in [-0.4, -0.2) is 57.5 Å². The number of benzene rings is 1. The largest absolute Gasteiger partial charge is 0.383 e. The van der Waals surface area contributed by atoms with Crippen molar-refractivity contribution in [2.75, 3.05) is 33.9 Å². The van der Waals surface area contributed by atoms with Crippen LogP contribution in [0.5, 0.6) is 0 Å². The lowest BCUT2D eigenvalue weighted by atomic mass is 10.2.